The molecule has 0 N–H and O–H groups in total. The molecule has 0 radical (unpaired) electrons. The highest BCUT2D eigenvalue weighted by Crippen LogP contribution is 2.34. The summed E-state index contributed by atoms with van der Waals surface area (Å²) in [6.07, 6.45) is 1.11. The Hall–Kier alpha value is -0.230. The highest BCUT2D eigenvalue weighted by molar-refractivity contribution is 9.10. The number of thiazole rings is 1. The van der Waals surface area contributed by atoms with Gasteiger partial charge in [0.15, 0.2) is 0 Å². The molecule has 0 saturated carbocycles. The van der Waals surface area contributed by atoms with Crippen molar-refractivity contribution in [1.82, 2.24) is 4.98 Å². The molecule has 2 nitrogen and oxygen atoms in total. The molecule has 2 aromatic heterocycles. The number of ether oxygens (including phenoxy) is 1. The van der Waals surface area contributed by atoms with Crippen LogP contribution < -0.4 is 0 Å². The number of halogens is 1. The monoisotopic (exact) mass is 315 g/mol. The fraction of sp³-hybridized carbons (Fsp3) is 0.364. The minimum Gasteiger partial charge on any atom is -0.381 e. The van der Waals surface area contributed by atoms with Crippen LogP contribution in [0.2, 0.25) is 0 Å². The third-order valence-corrected chi connectivity index (χ3v) is 5.37. The summed E-state index contributed by atoms with van der Waals surface area (Å²) in [6.45, 7) is 1.71. The highest BCUT2D eigenvalue weighted by atomic mass is 79.9. The van der Waals surface area contributed by atoms with E-state index >= 15 is 0 Å². The van der Waals surface area contributed by atoms with Crippen molar-refractivity contribution in [1.29, 1.82) is 0 Å². The Morgan fingerprint density at radius 1 is 1.38 bits per heavy atom. The molecular formula is C11H10BrNOS2. The smallest absolute Gasteiger partial charge is 0.133 e. The number of thiophene rings is 1. The molecule has 1 aliphatic heterocycles. The Bertz CT molecular complexity index is 488. The van der Waals surface area contributed by atoms with E-state index in [2.05, 4.69) is 32.8 Å². The van der Waals surface area contributed by atoms with Crippen LogP contribution in [0.25, 0.3) is 9.88 Å². The van der Waals surface area contributed by atoms with Crippen LogP contribution in [0.4, 0.5) is 0 Å². The van der Waals surface area contributed by atoms with Gasteiger partial charge in [0, 0.05) is 27.8 Å². The maximum absolute atomic E-state index is 5.39. The van der Waals surface area contributed by atoms with Gasteiger partial charge in [-0.1, -0.05) is 0 Å². The van der Waals surface area contributed by atoms with Gasteiger partial charge >= 0.3 is 0 Å². The maximum atomic E-state index is 5.39. The van der Waals surface area contributed by atoms with Gasteiger partial charge in [0.05, 0.1) is 17.2 Å². The second-order valence-corrected chi connectivity index (χ2v) is 6.45. The zero-order valence-corrected chi connectivity index (χ0v) is 11.7. The molecule has 0 aromatic carbocycles. The largest absolute Gasteiger partial charge is 0.381 e. The lowest BCUT2D eigenvalue weighted by Gasteiger charge is -2.00. The van der Waals surface area contributed by atoms with E-state index in [4.69, 9.17) is 9.72 Å². The van der Waals surface area contributed by atoms with E-state index in [-0.39, 0.29) is 0 Å². The Balaban J connectivity index is 1.87. The highest BCUT2D eigenvalue weighted by Gasteiger charge is 2.20. The molecule has 1 saturated heterocycles. The van der Waals surface area contributed by atoms with E-state index in [1.807, 2.05) is 0 Å². The molecule has 1 unspecified atom stereocenters. The second-order valence-electron chi connectivity index (χ2n) is 3.77. The van der Waals surface area contributed by atoms with Crippen LogP contribution in [0.1, 0.15) is 18.0 Å². The van der Waals surface area contributed by atoms with Crippen LogP contribution in [0, 0.1) is 0 Å². The molecule has 0 spiro atoms. The Morgan fingerprint density at radius 3 is 3.00 bits per heavy atom. The van der Waals surface area contributed by atoms with Crippen LogP contribution >= 0.6 is 38.6 Å². The average molecular weight is 316 g/mol. The summed E-state index contributed by atoms with van der Waals surface area (Å²) < 4.78 is 6.52. The first kappa shape index (κ1) is 10.9. The van der Waals surface area contributed by atoms with Crippen molar-refractivity contribution in [2.45, 2.75) is 12.3 Å². The number of nitrogens with zero attached hydrogens (tertiary/aromatic N) is 1. The molecular weight excluding hydrogens is 306 g/mol. The summed E-state index contributed by atoms with van der Waals surface area (Å²) in [5.74, 6) is 0.508. The minimum atomic E-state index is 0.508. The van der Waals surface area contributed by atoms with Crippen molar-refractivity contribution >= 4 is 38.6 Å². The summed E-state index contributed by atoms with van der Waals surface area (Å²) in [5.41, 5.74) is 1.20. The predicted molar refractivity (Wildman–Crippen MR) is 71.3 cm³/mol. The minimum absolute atomic E-state index is 0.508. The topological polar surface area (TPSA) is 22.1 Å². The molecule has 3 rings (SSSR count). The fourth-order valence-corrected chi connectivity index (χ4v) is 4.19. The lowest BCUT2D eigenvalue weighted by Crippen LogP contribution is -1.97. The first-order valence-electron chi connectivity index (χ1n) is 5.10. The fourth-order valence-electron chi connectivity index (χ4n) is 1.78. The molecule has 1 fully saturated rings. The van der Waals surface area contributed by atoms with Crippen LogP contribution in [0.15, 0.2) is 21.3 Å². The van der Waals surface area contributed by atoms with Gasteiger partial charge < -0.3 is 4.74 Å². The lowest BCUT2D eigenvalue weighted by atomic mass is 10.1. The van der Waals surface area contributed by atoms with E-state index in [9.17, 15) is 0 Å². The Labute approximate surface area is 110 Å². The van der Waals surface area contributed by atoms with Gasteiger partial charge in [0.1, 0.15) is 5.01 Å². The van der Waals surface area contributed by atoms with Crippen molar-refractivity contribution in [3.05, 3.63) is 27.0 Å². The number of aromatic nitrogens is 1. The Morgan fingerprint density at radius 2 is 2.31 bits per heavy atom. The molecule has 1 aliphatic rings. The van der Waals surface area contributed by atoms with Crippen LogP contribution in [0.5, 0.6) is 0 Å². The average Bonchev–Trinajstić information content (AvgIpc) is 2.97. The van der Waals surface area contributed by atoms with Gasteiger partial charge in [-0.3, -0.25) is 0 Å². The van der Waals surface area contributed by atoms with E-state index in [0.717, 1.165) is 29.1 Å². The number of hydrogen-bond acceptors (Lipinski definition) is 4. The maximum Gasteiger partial charge on any atom is 0.133 e. The third kappa shape index (κ3) is 2.09. The molecule has 2 aromatic rings. The van der Waals surface area contributed by atoms with Gasteiger partial charge in [0.2, 0.25) is 0 Å². The normalized spacial score (nSPS) is 20.4. The van der Waals surface area contributed by atoms with Gasteiger partial charge in [-0.25, -0.2) is 4.98 Å². The van der Waals surface area contributed by atoms with Crippen LogP contribution in [0.3, 0.4) is 0 Å². The molecule has 0 bridgehead atoms. The summed E-state index contributed by atoms with van der Waals surface area (Å²) in [4.78, 5) is 5.94. The van der Waals surface area contributed by atoms with E-state index < -0.39 is 0 Å². The standard InChI is InChI=1S/C11H10BrNOS2/c12-8-3-10(15-5-8)11-13-9(6-16-11)7-1-2-14-4-7/h3,5-7H,1-2,4H2. The first-order valence-corrected chi connectivity index (χ1v) is 7.66. The summed E-state index contributed by atoms with van der Waals surface area (Å²) in [5, 5.41) is 5.38. The van der Waals surface area contributed by atoms with Crippen molar-refractivity contribution in [3.8, 4) is 9.88 Å². The van der Waals surface area contributed by atoms with E-state index in [1.165, 1.54) is 10.6 Å². The third-order valence-electron chi connectivity index (χ3n) is 2.65. The van der Waals surface area contributed by atoms with Gasteiger partial charge in [-0.15, -0.1) is 22.7 Å². The van der Waals surface area contributed by atoms with Crippen molar-refractivity contribution < 1.29 is 4.74 Å². The first-order chi connectivity index (χ1) is 7.83. The van der Waals surface area contributed by atoms with Crippen molar-refractivity contribution in [2.24, 2.45) is 0 Å². The van der Waals surface area contributed by atoms with Crippen LogP contribution in [-0.4, -0.2) is 18.2 Å². The number of rotatable bonds is 2. The molecule has 3 heterocycles. The van der Waals surface area contributed by atoms with E-state index in [1.54, 1.807) is 22.7 Å². The van der Waals surface area contributed by atoms with E-state index in [0.29, 0.717) is 5.92 Å². The van der Waals surface area contributed by atoms with Crippen molar-refractivity contribution in [3.63, 3.8) is 0 Å². The summed E-state index contributed by atoms with van der Waals surface area (Å²) in [6, 6.07) is 2.12. The predicted octanol–water partition coefficient (Wildman–Crippen LogP) is 4.14. The van der Waals surface area contributed by atoms with Crippen molar-refractivity contribution in [2.75, 3.05) is 13.2 Å². The summed E-state index contributed by atoms with van der Waals surface area (Å²) in [7, 11) is 0. The molecule has 84 valence electrons. The lowest BCUT2D eigenvalue weighted by molar-refractivity contribution is 0.193. The van der Waals surface area contributed by atoms with Gasteiger partial charge in [0.25, 0.3) is 0 Å². The quantitative estimate of drug-likeness (QED) is 0.831. The molecule has 1 atom stereocenters. The second kappa shape index (κ2) is 4.56. The summed E-state index contributed by atoms with van der Waals surface area (Å²) >= 11 is 6.92. The Kier molecular flexibility index (Phi) is 3.11. The molecule has 0 amide bonds. The molecule has 5 heteroatoms. The molecule has 0 aliphatic carbocycles. The zero-order valence-electron chi connectivity index (χ0n) is 8.48. The van der Waals surface area contributed by atoms with Gasteiger partial charge in [-0.05, 0) is 28.4 Å². The SMILES string of the molecule is Brc1csc(-c2nc(C3CCOC3)cs2)c1. The van der Waals surface area contributed by atoms with Crippen LogP contribution in [-0.2, 0) is 4.74 Å². The zero-order chi connectivity index (χ0) is 11.0. The number of hydrogen-bond donors (Lipinski definition) is 0. The van der Waals surface area contributed by atoms with Gasteiger partial charge in [-0.2, -0.15) is 0 Å². The molecule has 16 heavy (non-hydrogen) atoms.